The third kappa shape index (κ3) is 3.31. The molecule has 0 atom stereocenters. The fraction of sp³-hybridized carbons (Fsp3) is 0.250. The van der Waals surface area contributed by atoms with Crippen molar-refractivity contribution in [2.45, 2.75) is 12.8 Å². The second-order valence-corrected chi connectivity index (χ2v) is 4.67. The molecule has 0 spiro atoms. The van der Waals surface area contributed by atoms with Crippen molar-refractivity contribution in [3.63, 3.8) is 0 Å². The van der Waals surface area contributed by atoms with Crippen molar-refractivity contribution in [2.75, 3.05) is 14.2 Å². The van der Waals surface area contributed by atoms with Gasteiger partial charge in [0.1, 0.15) is 0 Å². The molecule has 0 aliphatic carbocycles. The second kappa shape index (κ2) is 6.26. The van der Waals surface area contributed by atoms with E-state index < -0.39 is 0 Å². The van der Waals surface area contributed by atoms with Crippen LogP contribution in [0.2, 0.25) is 0 Å². The minimum atomic E-state index is -0.0925. The molecule has 2 aromatic carbocycles. The zero-order valence-electron chi connectivity index (χ0n) is 12.0. The molecule has 0 saturated heterocycles. The highest BCUT2D eigenvalue weighted by Crippen LogP contribution is 2.37. The summed E-state index contributed by atoms with van der Waals surface area (Å²) in [6, 6.07) is 8.32. The standard InChI is InChI=1S/C16H18O5/c1-20-15-6-5-10(7-12(15)17)3-4-11-8-13(18)16(21-2)14(19)9-11/h5-9,17-19H,3-4H2,1-2H3. The van der Waals surface area contributed by atoms with Gasteiger partial charge in [0.05, 0.1) is 14.2 Å². The SMILES string of the molecule is COc1ccc(CCc2cc(O)c(OC)c(O)c2)cc1O. The van der Waals surface area contributed by atoms with Crippen LogP contribution in [0.3, 0.4) is 0 Å². The molecule has 0 heterocycles. The zero-order chi connectivity index (χ0) is 15.4. The minimum absolute atomic E-state index is 0.0702. The lowest BCUT2D eigenvalue weighted by molar-refractivity contribution is 0.344. The van der Waals surface area contributed by atoms with Crippen molar-refractivity contribution >= 4 is 0 Å². The summed E-state index contributed by atoms with van der Waals surface area (Å²) in [5, 5.41) is 29.2. The summed E-state index contributed by atoms with van der Waals surface area (Å²) >= 11 is 0. The number of aromatic hydroxyl groups is 3. The molecule has 5 heteroatoms. The maximum absolute atomic E-state index is 9.74. The molecule has 21 heavy (non-hydrogen) atoms. The van der Waals surface area contributed by atoms with Crippen LogP contribution in [0.5, 0.6) is 28.7 Å². The van der Waals surface area contributed by atoms with Crippen LogP contribution in [0.25, 0.3) is 0 Å². The largest absolute Gasteiger partial charge is 0.504 e. The Morgan fingerprint density at radius 2 is 1.33 bits per heavy atom. The first-order valence-corrected chi connectivity index (χ1v) is 6.50. The minimum Gasteiger partial charge on any atom is -0.504 e. The van der Waals surface area contributed by atoms with Gasteiger partial charge in [0, 0.05) is 0 Å². The summed E-state index contributed by atoms with van der Waals surface area (Å²) in [5.74, 6) is 0.407. The van der Waals surface area contributed by atoms with Crippen molar-refractivity contribution in [1.82, 2.24) is 0 Å². The number of phenolic OH excluding ortho intramolecular Hbond substituents is 3. The van der Waals surface area contributed by atoms with Crippen molar-refractivity contribution in [3.8, 4) is 28.7 Å². The second-order valence-electron chi connectivity index (χ2n) is 4.67. The highest BCUT2D eigenvalue weighted by Gasteiger charge is 2.10. The van der Waals surface area contributed by atoms with Crippen molar-refractivity contribution in [2.24, 2.45) is 0 Å². The zero-order valence-corrected chi connectivity index (χ0v) is 12.0. The van der Waals surface area contributed by atoms with Gasteiger partial charge in [-0.05, 0) is 48.2 Å². The van der Waals surface area contributed by atoms with Gasteiger partial charge in [0.25, 0.3) is 0 Å². The summed E-state index contributed by atoms with van der Waals surface area (Å²) in [6.07, 6.45) is 1.26. The number of benzene rings is 2. The van der Waals surface area contributed by atoms with Crippen LogP contribution < -0.4 is 9.47 Å². The fourth-order valence-corrected chi connectivity index (χ4v) is 2.19. The Kier molecular flexibility index (Phi) is 4.42. The molecule has 3 N–H and O–H groups in total. The maximum atomic E-state index is 9.74. The number of methoxy groups -OCH3 is 2. The van der Waals surface area contributed by atoms with Gasteiger partial charge < -0.3 is 24.8 Å². The molecule has 2 rings (SSSR count). The molecule has 112 valence electrons. The van der Waals surface area contributed by atoms with Crippen LogP contribution in [0.4, 0.5) is 0 Å². The molecule has 5 nitrogen and oxygen atoms in total. The molecule has 0 saturated carbocycles. The lowest BCUT2D eigenvalue weighted by atomic mass is 10.0. The molecule has 0 unspecified atom stereocenters. The first-order chi connectivity index (χ1) is 10.0. The van der Waals surface area contributed by atoms with Crippen molar-refractivity contribution < 1.29 is 24.8 Å². The molecule has 2 aromatic rings. The van der Waals surface area contributed by atoms with Crippen LogP contribution in [-0.2, 0) is 12.8 Å². The van der Waals surface area contributed by atoms with Crippen molar-refractivity contribution in [1.29, 1.82) is 0 Å². The maximum Gasteiger partial charge on any atom is 0.202 e. The first-order valence-electron chi connectivity index (χ1n) is 6.50. The Hall–Kier alpha value is -2.56. The van der Waals surface area contributed by atoms with E-state index in [0.29, 0.717) is 18.6 Å². The fourth-order valence-electron chi connectivity index (χ4n) is 2.19. The Balaban J connectivity index is 2.11. The topological polar surface area (TPSA) is 79.2 Å². The van der Waals surface area contributed by atoms with Gasteiger partial charge in [-0.2, -0.15) is 0 Å². The Bertz CT molecular complexity index is 614. The lowest BCUT2D eigenvalue weighted by Gasteiger charge is -2.09. The number of aryl methyl sites for hydroxylation is 2. The van der Waals surface area contributed by atoms with E-state index in [0.717, 1.165) is 11.1 Å². The van der Waals surface area contributed by atoms with Crippen LogP contribution in [0.15, 0.2) is 30.3 Å². The van der Waals surface area contributed by atoms with Crippen LogP contribution in [0.1, 0.15) is 11.1 Å². The van der Waals surface area contributed by atoms with Gasteiger partial charge in [-0.3, -0.25) is 0 Å². The number of ether oxygens (including phenoxy) is 2. The first kappa shape index (κ1) is 14.8. The van der Waals surface area contributed by atoms with Crippen LogP contribution in [0, 0.1) is 0 Å². The van der Waals surface area contributed by atoms with E-state index in [9.17, 15) is 15.3 Å². The van der Waals surface area contributed by atoms with E-state index in [-0.39, 0.29) is 23.0 Å². The van der Waals surface area contributed by atoms with E-state index in [1.807, 2.05) is 6.07 Å². The van der Waals surface area contributed by atoms with Crippen LogP contribution >= 0.6 is 0 Å². The predicted octanol–water partition coefficient (Wildman–Crippen LogP) is 2.61. The van der Waals surface area contributed by atoms with Gasteiger partial charge in [-0.15, -0.1) is 0 Å². The van der Waals surface area contributed by atoms with Crippen LogP contribution in [-0.4, -0.2) is 29.5 Å². The Morgan fingerprint density at radius 1 is 0.762 bits per heavy atom. The van der Waals surface area contributed by atoms with E-state index in [4.69, 9.17) is 9.47 Å². The predicted molar refractivity (Wildman–Crippen MR) is 78.4 cm³/mol. The molecule has 0 amide bonds. The molecule has 0 aliphatic heterocycles. The number of phenols is 3. The average Bonchev–Trinajstić information content (AvgIpc) is 2.45. The number of rotatable bonds is 5. The molecule has 0 aromatic heterocycles. The number of hydrogen-bond acceptors (Lipinski definition) is 5. The monoisotopic (exact) mass is 290 g/mol. The third-order valence-corrected chi connectivity index (χ3v) is 3.26. The van der Waals surface area contributed by atoms with E-state index in [2.05, 4.69) is 0 Å². The Morgan fingerprint density at radius 3 is 1.86 bits per heavy atom. The Labute approximate surface area is 123 Å². The van der Waals surface area contributed by atoms with E-state index in [1.54, 1.807) is 24.3 Å². The van der Waals surface area contributed by atoms with Gasteiger partial charge in [-0.1, -0.05) is 6.07 Å². The summed E-state index contributed by atoms with van der Waals surface area (Å²) < 4.78 is 9.88. The molecule has 0 aliphatic rings. The van der Waals surface area contributed by atoms with Gasteiger partial charge in [0.2, 0.25) is 5.75 Å². The van der Waals surface area contributed by atoms with Gasteiger partial charge in [0.15, 0.2) is 23.0 Å². The van der Waals surface area contributed by atoms with Crippen molar-refractivity contribution in [3.05, 3.63) is 41.5 Å². The lowest BCUT2D eigenvalue weighted by Crippen LogP contribution is -1.94. The smallest absolute Gasteiger partial charge is 0.202 e. The highest BCUT2D eigenvalue weighted by molar-refractivity contribution is 5.52. The molecule has 0 radical (unpaired) electrons. The van der Waals surface area contributed by atoms with E-state index in [1.165, 1.54) is 14.2 Å². The summed E-state index contributed by atoms with van der Waals surface area (Å²) in [7, 11) is 2.88. The summed E-state index contributed by atoms with van der Waals surface area (Å²) in [4.78, 5) is 0. The van der Waals surface area contributed by atoms with E-state index >= 15 is 0 Å². The number of hydrogen-bond donors (Lipinski definition) is 3. The summed E-state index contributed by atoms with van der Waals surface area (Å²) in [5.41, 5.74) is 1.71. The molecular weight excluding hydrogens is 272 g/mol. The molecule has 0 fully saturated rings. The highest BCUT2D eigenvalue weighted by atomic mass is 16.5. The van der Waals surface area contributed by atoms with Gasteiger partial charge >= 0.3 is 0 Å². The molecular formula is C16H18O5. The molecule has 0 bridgehead atoms. The average molecular weight is 290 g/mol. The summed E-state index contributed by atoms with van der Waals surface area (Å²) in [6.45, 7) is 0. The quantitative estimate of drug-likeness (QED) is 0.789. The third-order valence-electron chi connectivity index (χ3n) is 3.26. The normalized spacial score (nSPS) is 10.4. The van der Waals surface area contributed by atoms with Gasteiger partial charge in [-0.25, -0.2) is 0 Å².